The number of methoxy groups -OCH3 is 2. The maximum atomic E-state index is 13.3. The van der Waals surface area contributed by atoms with Gasteiger partial charge in [0, 0.05) is 41.6 Å². The molecule has 9 heteroatoms. The van der Waals surface area contributed by atoms with Gasteiger partial charge in [-0.05, 0) is 35.8 Å². The van der Waals surface area contributed by atoms with Gasteiger partial charge in [0.15, 0.2) is 5.78 Å². The molecule has 0 unspecified atom stereocenters. The van der Waals surface area contributed by atoms with Crippen LogP contribution in [0.4, 0.5) is 0 Å². The Balaban J connectivity index is 1.54. The minimum Gasteiger partial charge on any atom is -0.497 e. The standard InChI is InChI=1S/C30H38O9/c1-15-7-22-28(34,25(15)33)13-18(14-31)10-21-24-27(3,4)30(24,36)26(16(2)29(21,22)35)39-23(32)11-17-8-19(37-5)12-20(9-17)38-6/h7-10,12,16,21-22,24,26,31,34-36H,11,13-14H2,1-6H3/t16-,21+,22-,24+,26-,28-,29-,30-/m1/s1. The van der Waals surface area contributed by atoms with E-state index in [-0.39, 0.29) is 12.8 Å². The average molecular weight is 543 g/mol. The third-order valence-corrected chi connectivity index (χ3v) is 10.0. The van der Waals surface area contributed by atoms with Crippen molar-refractivity contribution in [3.63, 3.8) is 0 Å². The highest BCUT2D eigenvalue weighted by Crippen LogP contribution is 2.75. The van der Waals surface area contributed by atoms with E-state index < -0.39 is 70.4 Å². The Kier molecular flexibility index (Phi) is 6.35. The van der Waals surface area contributed by atoms with Crippen LogP contribution in [0.1, 0.15) is 39.7 Å². The van der Waals surface area contributed by atoms with Gasteiger partial charge in [-0.15, -0.1) is 0 Å². The molecule has 0 aromatic heterocycles. The topological polar surface area (TPSA) is 143 Å². The highest BCUT2D eigenvalue weighted by molar-refractivity contribution is 6.04. The van der Waals surface area contributed by atoms with Crippen LogP contribution in [0.3, 0.4) is 0 Å². The highest BCUT2D eigenvalue weighted by atomic mass is 16.6. The van der Waals surface area contributed by atoms with E-state index in [4.69, 9.17) is 14.2 Å². The molecule has 2 saturated carbocycles. The molecule has 39 heavy (non-hydrogen) atoms. The number of ketones is 1. The van der Waals surface area contributed by atoms with Crippen LogP contribution in [0.2, 0.25) is 0 Å². The van der Waals surface area contributed by atoms with E-state index in [0.29, 0.717) is 28.2 Å². The summed E-state index contributed by atoms with van der Waals surface area (Å²) in [5.74, 6) is -3.19. The van der Waals surface area contributed by atoms with Gasteiger partial charge in [-0.3, -0.25) is 9.59 Å². The molecule has 1 aromatic carbocycles. The normalized spacial score (nSPS) is 39.8. The molecule has 5 rings (SSSR count). The van der Waals surface area contributed by atoms with Crippen LogP contribution < -0.4 is 9.47 Å². The van der Waals surface area contributed by atoms with Gasteiger partial charge in [-0.2, -0.15) is 0 Å². The molecule has 9 nitrogen and oxygen atoms in total. The Hall–Kier alpha value is -2.72. The largest absolute Gasteiger partial charge is 0.497 e. The molecule has 0 saturated heterocycles. The third-order valence-electron chi connectivity index (χ3n) is 10.0. The lowest BCUT2D eigenvalue weighted by molar-refractivity contribution is -0.220. The molecule has 4 N–H and O–H groups in total. The number of hydrogen-bond acceptors (Lipinski definition) is 9. The summed E-state index contributed by atoms with van der Waals surface area (Å²) in [5.41, 5.74) is -4.57. The van der Waals surface area contributed by atoms with Gasteiger partial charge in [0.2, 0.25) is 0 Å². The fourth-order valence-electron chi connectivity index (χ4n) is 7.93. The number of carbonyl (C=O) groups is 2. The van der Waals surface area contributed by atoms with Crippen LogP contribution in [0.5, 0.6) is 11.5 Å². The number of carbonyl (C=O) groups excluding carboxylic acids is 2. The molecule has 2 fully saturated rings. The van der Waals surface area contributed by atoms with E-state index in [9.17, 15) is 30.0 Å². The summed E-state index contributed by atoms with van der Waals surface area (Å²) in [7, 11) is 3.02. The van der Waals surface area contributed by atoms with Crippen molar-refractivity contribution in [1.82, 2.24) is 0 Å². The number of fused-ring (bicyclic) bond motifs is 5. The van der Waals surface area contributed by atoms with Gasteiger partial charge in [0.05, 0.1) is 32.8 Å². The fourth-order valence-corrected chi connectivity index (χ4v) is 7.93. The smallest absolute Gasteiger partial charge is 0.310 e. The van der Waals surface area contributed by atoms with Gasteiger partial charge in [0.25, 0.3) is 0 Å². The molecule has 212 valence electrons. The Morgan fingerprint density at radius 1 is 1.05 bits per heavy atom. The second-order valence-electron chi connectivity index (χ2n) is 12.3. The van der Waals surface area contributed by atoms with Crippen molar-refractivity contribution in [2.24, 2.45) is 29.1 Å². The van der Waals surface area contributed by atoms with E-state index in [1.807, 2.05) is 13.8 Å². The zero-order chi connectivity index (χ0) is 28.7. The summed E-state index contributed by atoms with van der Waals surface area (Å²) in [6, 6.07) is 5.08. The summed E-state index contributed by atoms with van der Waals surface area (Å²) in [6.07, 6.45) is 1.95. The number of ether oxygens (including phenoxy) is 3. The van der Waals surface area contributed by atoms with Gasteiger partial charge in [-0.1, -0.05) is 32.9 Å². The summed E-state index contributed by atoms with van der Waals surface area (Å²) in [6.45, 7) is 6.60. The van der Waals surface area contributed by atoms with Crippen LogP contribution in [0.25, 0.3) is 0 Å². The fraction of sp³-hybridized carbons (Fsp3) is 0.600. The first-order valence-corrected chi connectivity index (χ1v) is 13.3. The number of Topliss-reactive ketones (excluding diaryl/α,β-unsaturated/α-hetero) is 1. The number of esters is 1. The minimum absolute atomic E-state index is 0.125. The van der Waals surface area contributed by atoms with Crippen LogP contribution in [0, 0.1) is 29.1 Å². The van der Waals surface area contributed by atoms with Gasteiger partial charge < -0.3 is 34.6 Å². The molecule has 0 radical (unpaired) electrons. The maximum absolute atomic E-state index is 13.3. The molecule has 0 aliphatic heterocycles. The van der Waals surface area contributed by atoms with Gasteiger partial charge in [0.1, 0.15) is 28.8 Å². The Labute approximate surface area is 228 Å². The molecular weight excluding hydrogens is 504 g/mol. The van der Waals surface area contributed by atoms with E-state index in [2.05, 4.69) is 0 Å². The SMILES string of the molecule is COc1cc(CC(=O)O[C@@H]2[C@@H](C)[C@@]3(O)[C@@H](C=C(CO)C[C@]4(O)C(=O)C(C)=C[C@@H]34)[C@H]3C(C)(C)[C@]23O)cc(OC)c1. The van der Waals surface area contributed by atoms with E-state index in [0.717, 1.165) is 0 Å². The second kappa shape index (κ2) is 8.89. The lowest BCUT2D eigenvalue weighted by Crippen LogP contribution is -2.65. The molecule has 4 aliphatic carbocycles. The highest BCUT2D eigenvalue weighted by Gasteiger charge is 2.85. The summed E-state index contributed by atoms with van der Waals surface area (Å²) in [4.78, 5) is 26.5. The molecule has 0 heterocycles. The number of rotatable bonds is 6. The second-order valence-corrected chi connectivity index (χ2v) is 12.3. The zero-order valence-electron chi connectivity index (χ0n) is 23.2. The molecule has 0 bridgehead atoms. The van der Waals surface area contributed by atoms with E-state index in [1.165, 1.54) is 14.2 Å². The molecular formula is C30H38O9. The van der Waals surface area contributed by atoms with Crippen LogP contribution in [-0.2, 0) is 20.7 Å². The molecule has 8 atom stereocenters. The maximum Gasteiger partial charge on any atom is 0.310 e. The number of aliphatic hydroxyl groups excluding tert-OH is 1. The van der Waals surface area contributed by atoms with Gasteiger partial charge >= 0.3 is 5.97 Å². The predicted octanol–water partition coefficient (Wildman–Crippen LogP) is 1.74. The summed E-state index contributed by atoms with van der Waals surface area (Å²) in [5, 5.41) is 46.4. The van der Waals surface area contributed by atoms with Crippen molar-refractivity contribution in [2.75, 3.05) is 20.8 Å². The van der Waals surface area contributed by atoms with Crippen molar-refractivity contribution in [2.45, 2.75) is 63.4 Å². The first-order valence-electron chi connectivity index (χ1n) is 13.3. The third kappa shape index (κ3) is 3.66. The van der Waals surface area contributed by atoms with Crippen molar-refractivity contribution in [3.05, 3.63) is 47.1 Å². The van der Waals surface area contributed by atoms with Crippen LogP contribution >= 0.6 is 0 Å². The average Bonchev–Trinajstić information content (AvgIpc) is 3.29. The van der Waals surface area contributed by atoms with Crippen LogP contribution in [-0.4, -0.2) is 75.9 Å². The quantitative estimate of drug-likeness (QED) is 0.312. The molecule has 4 aliphatic rings. The Bertz CT molecular complexity index is 1260. The van der Waals surface area contributed by atoms with Crippen molar-refractivity contribution >= 4 is 11.8 Å². The Morgan fingerprint density at radius 2 is 1.67 bits per heavy atom. The van der Waals surface area contributed by atoms with Crippen molar-refractivity contribution in [3.8, 4) is 11.5 Å². The zero-order valence-corrected chi connectivity index (χ0v) is 23.2. The lowest BCUT2D eigenvalue weighted by Gasteiger charge is -2.52. The summed E-state index contributed by atoms with van der Waals surface area (Å²) < 4.78 is 16.6. The van der Waals surface area contributed by atoms with Crippen molar-refractivity contribution < 1.29 is 44.2 Å². The first kappa shape index (κ1) is 27.8. The lowest BCUT2D eigenvalue weighted by atomic mass is 9.59. The number of benzene rings is 1. The van der Waals surface area contributed by atoms with E-state index >= 15 is 0 Å². The predicted molar refractivity (Wildman–Crippen MR) is 140 cm³/mol. The number of hydrogen-bond donors (Lipinski definition) is 4. The van der Waals surface area contributed by atoms with Crippen LogP contribution in [0.15, 0.2) is 41.5 Å². The molecule has 1 aromatic rings. The number of aliphatic hydroxyl groups is 4. The van der Waals surface area contributed by atoms with E-state index in [1.54, 1.807) is 44.2 Å². The first-order chi connectivity index (χ1) is 18.2. The van der Waals surface area contributed by atoms with Gasteiger partial charge in [-0.25, -0.2) is 0 Å². The monoisotopic (exact) mass is 542 g/mol. The van der Waals surface area contributed by atoms with Crippen molar-refractivity contribution in [1.29, 1.82) is 0 Å². The molecule has 0 amide bonds. The summed E-state index contributed by atoms with van der Waals surface area (Å²) >= 11 is 0. The Morgan fingerprint density at radius 3 is 2.23 bits per heavy atom. The minimum atomic E-state index is -1.95. The molecule has 0 spiro atoms.